The summed E-state index contributed by atoms with van der Waals surface area (Å²) in [5.74, 6) is 0.173. The molecule has 3 heteroatoms. The molecule has 17 heavy (non-hydrogen) atoms. The lowest BCUT2D eigenvalue weighted by Gasteiger charge is -2.24. The Balaban J connectivity index is 1.88. The van der Waals surface area contributed by atoms with E-state index in [-0.39, 0.29) is 11.9 Å². The second-order valence-electron chi connectivity index (χ2n) is 4.29. The highest BCUT2D eigenvalue weighted by Crippen LogP contribution is 2.33. The van der Waals surface area contributed by atoms with Crippen LogP contribution in [0.15, 0.2) is 41.8 Å². The van der Waals surface area contributed by atoms with Crippen molar-refractivity contribution in [2.45, 2.75) is 19.5 Å². The SMILES string of the molecule is CC(c1ccccc1)N1Cc2ccsc2C1=O. The van der Waals surface area contributed by atoms with Crippen molar-refractivity contribution >= 4 is 17.2 Å². The van der Waals surface area contributed by atoms with Gasteiger partial charge in [0.2, 0.25) is 0 Å². The standard InChI is InChI=1S/C14H13NOS/c1-10(11-5-3-2-4-6-11)15-9-12-7-8-17-13(12)14(15)16/h2-8,10H,9H2,1H3. The van der Waals surface area contributed by atoms with Gasteiger partial charge in [-0.3, -0.25) is 4.79 Å². The molecule has 86 valence electrons. The van der Waals surface area contributed by atoms with Crippen LogP contribution in [0.3, 0.4) is 0 Å². The first-order valence-electron chi connectivity index (χ1n) is 5.69. The molecule has 1 aliphatic rings. The topological polar surface area (TPSA) is 20.3 Å². The Kier molecular flexibility index (Phi) is 2.48. The summed E-state index contributed by atoms with van der Waals surface area (Å²) in [7, 11) is 0. The van der Waals surface area contributed by atoms with E-state index in [9.17, 15) is 4.79 Å². The van der Waals surface area contributed by atoms with E-state index in [2.05, 4.69) is 25.1 Å². The number of benzene rings is 1. The molecule has 2 aromatic rings. The third-order valence-corrected chi connectivity index (χ3v) is 4.24. The molecule has 0 saturated heterocycles. The Hall–Kier alpha value is -1.61. The Morgan fingerprint density at radius 1 is 1.24 bits per heavy atom. The fourth-order valence-corrected chi connectivity index (χ4v) is 3.13. The van der Waals surface area contributed by atoms with Crippen molar-refractivity contribution in [3.8, 4) is 0 Å². The second kappa shape index (κ2) is 4.00. The molecule has 1 aliphatic heterocycles. The summed E-state index contributed by atoms with van der Waals surface area (Å²) in [6.07, 6.45) is 0. The first-order valence-corrected chi connectivity index (χ1v) is 6.57. The summed E-state index contributed by atoms with van der Waals surface area (Å²) >= 11 is 1.55. The molecule has 0 fully saturated rings. The molecule has 0 N–H and O–H groups in total. The van der Waals surface area contributed by atoms with E-state index in [4.69, 9.17) is 0 Å². The van der Waals surface area contributed by atoms with Crippen LogP contribution in [0.2, 0.25) is 0 Å². The van der Waals surface area contributed by atoms with Crippen molar-refractivity contribution in [2.24, 2.45) is 0 Å². The molecule has 1 aromatic heterocycles. The molecule has 0 spiro atoms. The van der Waals surface area contributed by atoms with E-state index in [0.717, 1.165) is 11.4 Å². The van der Waals surface area contributed by atoms with Gasteiger partial charge in [-0.1, -0.05) is 30.3 Å². The summed E-state index contributed by atoms with van der Waals surface area (Å²) < 4.78 is 0. The number of nitrogens with zero attached hydrogens (tertiary/aromatic N) is 1. The van der Waals surface area contributed by atoms with Gasteiger partial charge in [-0.2, -0.15) is 0 Å². The number of carbonyl (C=O) groups is 1. The summed E-state index contributed by atoms with van der Waals surface area (Å²) in [6.45, 7) is 2.83. The number of carbonyl (C=O) groups excluding carboxylic acids is 1. The minimum absolute atomic E-state index is 0.142. The third kappa shape index (κ3) is 1.67. The second-order valence-corrected chi connectivity index (χ2v) is 5.21. The maximum Gasteiger partial charge on any atom is 0.265 e. The fourth-order valence-electron chi connectivity index (χ4n) is 2.26. The molecule has 1 amide bonds. The molecule has 0 saturated carbocycles. The summed E-state index contributed by atoms with van der Waals surface area (Å²) in [5.41, 5.74) is 2.36. The van der Waals surface area contributed by atoms with Crippen LogP contribution in [0.25, 0.3) is 0 Å². The molecule has 3 rings (SSSR count). The van der Waals surface area contributed by atoms with Crippen molar-refractivity contribution in [1.29, 1.82) is 0 Å². The van der Waals surface area contributed by atoms with Crippen LogP contribution in [0.5, 0.6) is 0 Å². The van der Waals surface area contributed by atoms with Crippen LogP contribution in [-0.2, 0) is 6.54 Å². The molecule has 0 bridgehead atoms. The zero-order valence-corrected chi connectivity index (χ0v) is 10.4. The Labute approximate surface area is 105 Å². The molecule has 2 nitrogen and oxygen atoms in total. The zero-order valence-electron chi connectivity index (χ0n) is 9.59. The van der Waals surface area contributed by atoms with E-state index < -0.39 is 0 Å². The highest BCUT2D eigenvalue weighted by molar-refractivity contribution is 7.12. The summed E-state index contributed by atoms with van der Waals surface area (Å²) in [5, 5.41) is 1.99. The van der Waals surface area contributed by atoms with Crippen LogP contribution >= 0.6 is 11.3 Å². The van der Waals surface area contributed by atoms with Crippen molar-refractivity contribution < 1.29 is 4.79 Å². The lowest BCUT2D eigenvalue weighted by molar-refractivity contribution is 0.0719. The average molecular weight is 243 g/mol. The van der Waals surface area contributed by atoms with Crippen molar-refractivity contribution in [1.82, 2.24) is 4.90 Å². The highest BCUT2D eigenvalue weighted by Gasteiger charge is 2.32. The van der Waals surface area contributed by atoms with Gasteiger partial charge >= 0.3 is 0 Å². The van der Waals surface area contributed by atoms with Crippen LogP contribution in [0.1, 0.15) is 33.8 Å². The smallest absolute Gasteiger partial charge is 0.265 e. The van der Waals surface area contributed by atoms with E-state index >= 15 is 0 Å². The van der Waals surface area contributed by atoms with Crippen LogP contribution in [-0.4, -0.2) is 10.8 Å². The Morgan fingerprint density at radius 2 is 2.00 bits per heavy atom. The number of rotatable bonds is 2. The van der Waals surface area contributed by atoms with Gasteiger partial charge in [-0.25, -0.2) is 0 Å². The molecular weight excluding hydrogens is 230 g/mol. The maximum absolute atomic E-state index is 12.2. The number of hydrogen-bond donors (Lipinski definition) is 0. The van der Waals surface area contributed by atoms with Gasteiger partial charge in [-0.05, 0) is 29.5 Å². The average Bonchev–Trinajstić information content (AvgIpc) is 2.93. The van der Waals surface area contributed by atoms with Crippen LogP contribution in [0, 0.1) is 0 Å². The first kappa shape index (κ1) is 10.5. The molecule has 1 unspecified atom stereocenters. The van der Waals surface area contributed by atoms with Gasteiger partial charge in [0.15, 0.2) is 0 Å². The monoisotopic (exact) mass is 243 g/mol. The quantitative estimate of drug-likeness (QED) is 0.791. The number of thiophene rings is 1. The molecular formula is C14H13NOS. The van der Waals surface area contributed by atoms with E-state index in [0.29, 0.717) is 0 Å². The van der Waals surface area contributed by atoms with E-state index in [1.54, 1.807) is 11.3 Å². The van der Waals surface area contributed by atoms with Gasteiger partial charge in [0.25, 0.3) is 5.91 Å². The first-order chi connectivity index (χ1) is 8.27. The van der Waals surface area contributed by atoms with Crippen molar-refractivity contribution in [2.75, 3.05) is 0 Å². The van der Waals surface area contributed by atoms with Crippen LogP contribution in [0.4, 0.5) is 0 Å². The predicted molar refractivity (Wildman–Crippen MR) is 69.0 cm³/mol. The number of amides is 1. The van der Waals surface area contributed by atoms with Crippen LogP contribution < -0.4 is 0 Å². The fraction of sp³-hybridized carbons (Fsp3) is 0.214. The molecule has 1 aromatic carbocycles. The largest absolute Gasteiger partial charge is 0.327 e. The van der Waals surface area contributed by atoms with Gasteiger partial charge in [0.05, 0.1) is 10.9 Å². The predicted octanol–water partition coefficient (Wildman–Crippen LogP) is 3.47. The molecule has 1 atom stereocenters. The zero-order chi connectivity index (χ0) is 11.8. The minimum Gasteiger partial charge on any atom is -0.327 e. The lowest BCUT2D eigenvalue weighted by Crippen LogP contribution is -2.27. The minimum atomic E-state index is 0.142. The van der Waals surface area contributed by atoms with Gasteiger partial charge in [0.1, 0.15) is 0 Å². The van der Waals surface area contributed by atoms with E-state index in [1.165, 1.54) is 11.1 Å². The number of fused-ring (bicyclic) bond motifs is 1. The third-order valence-electron chi connectivity index (χ3n) is 3.29. The maximum atomic E-state index is 12.2. The Morgan fingerprint density at radius 3 is 2.71 bits per heavy atom. The lowest BCUT2D eigenvalue weighted by atomic mass is 10.1. The Bertz CT molecular complexity index is 546. The van der Waals surface area contributed by atoms with Gasteiger partial charge in [-0.15, -0.1) is 11.3 Å². The summed E-state index contributed by atoms with van der Waals surface area (Å²) in [6, 6.07) is 12.4. The highest BCUT2D eigenvalue weighted by atomic mass is 32.1. The molecule has 2 heterocycles. The van der Waals surface area contributed by atoms with E-state index in [1.807, 2.05) is 28.5 Å². The summed E-state index contributed by atoms with van der Waals surface area (Å²) in [4.78, 5) is 15.1. The normalized spacial score (nSPS) is 16.1. The van der Waals surface area contributed by atoms with Crippen molar-refractivity contribution in [3.05, 3.63) is 57.8 Å². The molecule has 0 radical (unpaired) electrons. The number of hydrogen-bond acceptors (Lipinski definition) is 2. The van der Waals surface area contributed by atoms with Gasteiger partial charge < -0.3 is 4.90 Å². The molecule has 0 aliphatic carbocycles. The van der Waals surface area contributed by atoms with Gasteiger partial charge in [0, 0.05) is 6.54 Å². The van der Waals surface area contributed by atoms with Crippen molar-refractivity contribution in [3.63, 3.8) is 0 Å².